The monoisotopic (exact) mass is 279 g/mol. The van der Waals surface area contributed by atoms with Crippen molar-refractivity contribution in [1.82, 2.24) is 9.80 Å². The van der Waals surface area contributed by atoms with Crippen molar-refractivity contribution in [3.05, 3.63) is 0 Å². The number of hydrogen-bond donors (Lipinski definition) is 1. The molecule has 2 aliphatic carbocycles. The van der Waals surface area contributed by atoms with Gasteiger partial charge >= 0.3 is 0 Å². The summed E-state index contributed by atoms with van der Waals surface area (Å²) in [5, 5.41) is 0. The molecule has 3 heteroatoms. The van der Waals surface area contributed by atoms with Crippen molar-refractivity contribution in [3.63, 3.8) is 0 Å². The van der Waals surface area contributed by atoms with Crippen LogP contribution >= 0.6 is 0 Å². The van der Waals surface area contributed by atoms with Gasteiger partial charge in [-0.3, -0.25) is 9.80 Å². The van der Waals surface area contributed by atoms with Crippen LogP contribution < -0.4 is 5.73 Å². The second-order valence-electron chi connectivity index (χ2n) is 7.78. The summed E-state index contributed by atoms with van der Waals surface area (Å²) in [5.41, 5.74) is 6.61. The van der Waals surface area contributed by atoms with E-state index in [0.717, 1.165) is 24.4 Å². The molecule has 3 fully saturated rings. The molecule has 3 aliphatic rings. The lowest BCUT2D eigenvalue weighted by Gasteiger charge is -2.51. The molecule has 3 nitrogen and oxygen atoms in total. The van der Waals surface area contributed by atoms with E-state index < -0.39 is 0 Å². The molecule has 0 bridgehead atoms. The highest BCUT2D eigenvalue weighted by Crippen LogP contribution is 2.40. The van der Waals surface area contributed by atoms with Crippen LogP contribution in [-0.2, 0) is 0 Å². The molecule has 0 aromatic heterocycles. The Bertz CT molecular complexity index is 318. The maximum atomic E-state index is 6.28. The molecular formula is C17H33N3. The van der Waals surface area contributed by atoms with E-state index in [1.807, 2.05) is 0 Å². The molecule has 2 saturated carbocycles. The van der Waals surface area contributed by atoms with Crippen molar-refractivity contribution < 1.29 is 0 Å². The zero-order valence-corrected chi connectivity index (χ0v) is 13.5. The average molecular weight is 279 g/mol. The Kier molecular flexibility index (Phi) is 4.40. The van der Waals surface area contributed by atoms with Gasteiger partial charge in [-0.05, 0) is 37.5 Å². The normalized spacial score (nSPS) is 37.5. The summed E-state index contributed by atoms with van der Waals surface area (Å²) in [6.45, 7) is 10.7. The largest absolute Gasteiger partial charge is 0.329 e. The van der Waals surface area contributed by atoms with Crippen molar-refractivity contribution >= 4 is 0 Å². The third kappa shape index (κ3) is 2.90. The molecule has 1 saturated heterocycles. The van der Waals surface area contributed by atoms with Crippen molar-refractivity contribution in [2.24, 2.45) is 17.6 Å². The Balaban J connectivity index is 1.62. The molecule has 20 heavy (non-hydrogen) atoms. The van der Waals surface area contributed by atoms with Gasteiger partial charge in [-0.2, -0.15) is 0 Å². The Morgan fingerprint density at radius 3 is 2.35 bits per heavy atom. The van der Waals surface area contributed by atoms with Crippen molar-refractivity contribution in [3.8, 4) is 0 Å². The lowest BCUT2D eigenvalue weighted by Crippen LogP contribution is -2.62. The maximum absolute atomic E-state index is 6.28. The van der Waals surface area contributed by atoms with Gasteiger partial charge in [-0.1, -0.05) is 26.7 Å². The van der Waals surface area contributed by atoms with E-state index >= 15 is 0 Å². The molecule has 116 valence electrons. The highest BCUT2D eigenvalue weighted by Gasteiger charge is 2.43. The van der Waals surface area contributed by atoms with Gasteiger partial charge in [0.25, 0.3) is 0 Å². The van der Waals surface area contributed by atoms with Crippen LogP contribution in [0.3, 0.4) is 0 Å². The number of rotatable bonds is 4. The van der Waals surface area contributed by atoms with E-state index in [9.17, 15) is 0 Å². The summed E-state index contributed by atoms with van der Waals surface area (Å²) in [4.78, 5) is 5.48. The molecule has 2 unspecified atom stereocenters. The fourth-order valence-electron chi connectivity index (χ4n) is 4.56. The van der Waals surface area contributed by atoms with E-state index in [-0.39, 0.29) is 0 Å². The third-order valence-electron chi connectivity index (χ3n) is 6.23. The highest BCUT2D eigenvalue weighted by atomic mass is 15.3. The van der Waals surface area contributed by atoms with Crippen LogP contribution in [0.1, 0.15) is 52.4 Å². The summed E-state index contributed by atoms with van der Waals surface area (Å²) >= 11 is 0. The van der Waals surface area contributed by atoms with Gasteiger partial charge in [0.15, 0.2) is 0 Å². The second kappa shape index (κ2) is 5.94. The van der Waals surface area contributed by atoms with Crippen LogP contribution in [-0.4, -0.2) is 54.1 Å². The van der Waals surface area contributed by atoms with Crippen LogP contribution in [0.2, 0.25) is 0 Å². The molecule has 0 aromatic rings. The van der Waals surface area contributed by atoms with E-state index in [4.69, 9.17) is 5.73 Å². The minimum atomic E-state index is 0.322. The van der Waals surface area contributed by atoms with E-state index in [1.165, 1.54) is 64.7 Å². The Morgan fingerprint density at radius 1 is 1.10 bits per heavy atom. The summed E-state index contributed by atoms with van der Waals surface area (Å²) in [6, 6.07) is 0.931. The molecule has 2 N–H and O–H groups in total. The zero-order valence-electron chi connectivity index (χ0n) is 13.5. The summed E-state index contributed by atoms with van der Waals surface area (Å²) in [7, 11) is 0. The number of nitrogens with two attached hydrogens (primary N) is 1. The predicted molar refractivity (Wildman–Crippen MR) is 84.7 cm³/mol. The van der Waals surface area contributed by atoms with Gasteiger partial charge in [0.05, 0.1) is 0 Å². The third-order valence-corrected chi connectivity index (χ3v) is 6.23. The average Bonchev–Trinajstić information content (AvgIpc) is 3.32. The quantitative estimate of drug-likeness (QED) is 0.857. The Morgan fingerprint density at radius 2 is 1.80 bits per heavy atom. The Labute approximate surface area is 124 Å². The first-order valence-electron chi connectivity index (χ1n) is 8.84. The summed E-state index contributed by atoms with van der Waals surface area (Å²) in [6.07, 6.45) is 8.35. The Hall–Kier alpha value is -0.120. The van der Waals surface area contributed by atoms with Crippen molar-refractivity contribution in [2.75, 3.05) is 32.7 Å². The molecule has 0 radical (unpaired) electrons. The molecule has 3 rings (SSSR count). The van der Waals surface area contributed by atoms with Crippen LogP contribution in [0.5, 0.6) is 0 Å². The molecule has 0 amide bonds. The van der Waals surface area contributed by atoms with Crippen molar-refractivity contribution in [2.45, 2.75) is 64.0 Å². The van der Waals surface area contributed by atoms with Crippen molar-refractivity contribution in [1.29, 1.82) is 0 Å². The van der Waals surface area contributed by atoms with Crippen LogP contribution in [0.4, 0.5) is 0 Å². The van der Waals surface area contributed by atoms with Crippen LogP contribution in [0.25, 0.3) is 0 Å². The molecule has 0 aromatic carbocycles. The van der Waals surface area contributed by atoms with Gasteiger partial charge < -0.3 is 5.73 Å². The number of nitrogens with zero attached hydrogens (tertiary/aromatic N) is 2. The topological polar surface area (TPSA) is 32.5 Å². The SMILES string of the molecule is CC(C)C1CCCC(CN)(N2CCN(C3CC3)CC2)C1. The van der Waals surface area contributed by atoms with Gasteiger partial charge in [0, 0.05) is 44.3 Å². The molecule has 0 spiro atoms. The van der Waals surface area contributed by atoms with E-state index in [2.05, 4.69) is 23.6 Å². The highest BCUT2D eigenvalue weighted by molar-refractivity contribution is 4.99. The number of hydrogen-bond acceptors (Lipinski definition) is 3. The molecule has 2 atom stereocenters. The first kappa shape index (κ1) is 14.8. The lowest BCUT2D eigenvalue weighted by atomic mass is 9.70. The van der Waals surface area contributed by atoms with E-state index in [0.29, 0.717) is 5.54 Å². The molecule has 1 aliphatic heterocycles. The van der Waals surface area contributed by atoms with Crippen LogP contribution in [0, 0.1) is 11.8 Å². The van der Waals surface area contributed by atoms with E-state index in [1.54, 1.807) is 0 Å². The smallest absolute Gasteiger partial charge is 0.0335 e. The van der Waals surface area contributed by atoms with Gasteiger partial charge in [0.1, 0.15) is 0 Å². The zero-order chi connectivity index (χ0) is 14.2. The summed E-state index contributed by atoms with van der Waals surface area (Å²) < 4.78 is 0. The minimum Gasteiger partial charge on any atom is -0.329 e. The van der Waals surface area contributed by atoms with Crippen LogP contribution in [0.15, 0.2) is 0 Å². The van der Waals surface area contributed by atoms with Gasteiger partial charge in [0.2, 0.25) is 0 Å². The fourth-order valence-corrected chi connectivity index (χ4v) is 4.56. The predicted octanol–water partition coefficient (Wildman–Crippen LogP) is 2.31. The maximum Gasteiger partial charge on any atom is 0.0335 e. The second-order valence-corrected chi connectivity index (χ2v) is 7.78. The molecular weight excluding hydrogens is 246 g/mol. The fraction of sp³-hybridized carbons (Fsp3) is 1.00. The lowest BCUT2D eigenvalue weighted by molar-refractivity contribution is -0.00935. The minimum absolute atomic E-state index is 0.322. The standard InChI is InChI=1S/C17H33N3/c1-14(2)15-4-3-7-17(12-15,13-18)20-10-8-19(9-11-20)16-5-6-16/h14-16H,3-13,18H2,1-2H3. The molecule has 1 heterocycles. The van der Waals surface area contributed by atoms with Gasteiger partial charge in [-0.15, -0.1) is 0 Å². The first-order valence-corrected chi connectivity index (χ1v) is 8.84. The first-order chi connectivity index (χ1) is 9.64. The summed E-state index contributed by atoms with van der Waals surface area (Å²) in [5.74, 6) is 1.70. The number of piperazine rings is 1. The van der Waals surface area contributed by atoms with Gasteiger partial charge in [-0.25, -0.2) is 0 Å².